The van der Waals surface area contributed by atoms with Crippen LogP contribution in [0.1, 0.15) is 46.5 Å². The summed E-state index contributed by atoms with van der Waals surface area (Å²) in [7, 11) is 0. The van der Waals surface area contributed by atoms with E-state index < -0.39 is 0 Å². The highest BCUT2D eigenvalue weighted by molar-refractivity contribution is 6.21. The summed E-state index contributed by atoms with van der Waals surface area (Å²) in [6.45, 7) is 10.7. The zero-order chi connectivity index (χ0) is 18.8. The smallest absolute Gasteiger partial charge is 0.261 e. The molecule has 26 heavy (non-hydrogen) atoms. The fraction of sp³-hybridized carbons (Fsp3) is 0.550. The lowest BCUT2D eigenvalue weighted by molar-refractivity contribution is -0.133. The van der Waals surface area contributed by atoms with E-state index in [0.717, 1.165) is 25.2 Å². The molecule has 1 aromatic carbocycles. The maximum atomic E-state index is 12.5. The van der Waals surface area contributed by atoms with E-state index in [0.29, 0.717) is 30.1 Å². The van der Waals surface area contributed by atoms with Crippen molar-refractivity contribution in [2.45, 2.75) is 27.2 Å². The molecule has 2 aliphatic heterocycles. The highest BCUT2D eigenvalue weighted by Gasteiger charge is 2.35. The zero-order valence-electron chi connectivity index (χ0n) is 15.8. The van der Waals surface area contributed by atoms with Crippen LogP contribution in [0.15, 0.2) is 18.2 Å². The number of rotatable bonds is 5. The van der Waals surface area contributed by atoms with Crippen LogP contribution in [-0.2, 0) is 4.79 Å². The van der Waals surface area contributed by atoms with Gasteiger partial charge in [-0.15, -0.1) is 0 Å². The van der Waals surface area contributed by atoms with Crippen molar-refractivity contribution in [1.29, 1.82) is 0 Å². The Labute approximate surface area is 154 Å². The molecule has 0 bridgehead atoms. The highest BCUT2D eigenvalue weighted by atomic mass is 16.2. The highest BCUT2D eigenvalue weighted by Crippen LogP contribution is 2.24. The molecule has 2 heterocycles. The van der Waals surface area contributed by atoms with Gasteiger partial charge in [-0.1, -0.05) is 25.5 Å². The quantitative estimate of drug-likeness (QED) is 0.754. The van der Waals surface area contributed by atoms with Crippen LogP contribution >= 0.6 is 0 Å². The molecule has 0 atom stereocenters. The average Bonchev–Trinajstić information content (AvgIpc) is 2.83. The molecule has 0 aromatic heterocycles. The molecule has 2 aliphatic rings. The third kappa shape index (κ3) is 3.80. The monoisotopic (exact) mass is 357 g/mol. The van der Waals surface area contributed by atoms with Crippen LogP contribution in [0.5, 0.6) is 0 Å². The molecule has 6 nitrogen and oxygen atoms in total. The average molecular weight is 357 g/mol. The summed E-state index contributed by atoms with van der Waals surface area (Å²) in [6, 6.07) is 5.27. The molecule has 0 N–H and O–H groups in total. The fourth-order valence-electron chi connectivity index (χ4n) is 3.67. The van der Waals surface area contributed by atoms with E-state index in [2.05, 4.69) is 18.7 Å². The van der Waals surface area contributed by atoms with E-state index in [-0.39, 0.29) is 30.7 Å². The number of hydrogen-bond acceptors (Lipinski definition) is 4. The van der Waals surface area contributed by atoms with Gasteiger partial charge in [0.25, 0.3) is 11.8 Å². The topological polar surface area (TPSA) is 60.9 Å². The number of carbonyl (C=O) groups excluding carboxylic acids is 3. The normalized spacial score (nSPS) is 18.0. The van der Waals surface area contributed by atoms with Crippen LogP contribution in [0, 0.1) is 12.8 Å². The molecule has 0 saturated carbocycles. The Bertz CT molecular complexity index is 721. The minimum Gasteiger partial charge on any atom is -0.340 e. The third-order valence-electron chi connectivity index (χ3n) is 5.02. The van der Waals surface area contributed by atoms with Crippen molar-refractivity contribution in [2.24, 2.45) is 5.92 Å². The molecular weight excluding hydrogens is 330 g/mol. The fourth-order valence-corrected chi connectivity index (χ4v) is 3.67. The Hall–Kier alpha value is -2.21. The molecule has 140 valence electrons. The van der Waals surface area contributed by atoms with Gasteiger partial charge in [0, 0.05) is 45.7 Å². The third-order valence-corrected chi connectivity index (χ3v) is 5.02. The Morgan fingerprint density at radius 2 is 1.69 bits per heavy atom. The van der Waals surface area contributed by atoms with E-state index in [1.807, 2.05) is 17.9 Å². The molecule has 0 unspecified atom stereocenters. The first-order valence-corrected chi connectivity index (χ1v) is 9.34. The van der Waals surface area contributed by atoms with Crippen LogP contribution in [0.2, 0.25) is 0 Å². The van der Waals surface area contributed by atoms with Gasteiger partial charge >= 0.3 is 0 Å². The Morgan fingerprint density at radius 3 is 2.35 bits per heavy atom. The van der Waals surface area contributed by atoms with Crippen molar-refractivity contribution in [3.8, 4) is 0 Å². The van der Waals surface area contributed by atoms with Gasteiger partial charge in [-0.05, 0) is 25.0 Å². The molecule has 0 radical (unpaired) electrons. The SMILES string of the molecule is Cc1ccc2c(c1)C(=O)N(CCC(=O)N1CCN(CC(C)C)CC1)C2=O. The van der Waals surface area contributed by atoms with Crippen LogP contribution in [0.25, 0.3) is 0 Å². The summed E-state index contributed by atoms with van der Waals surface area (Å²) < 4.78 is 0. The number of fused-ring (bicyclic) bond motifs is 1. The maximum absolute atomic E-state index is 12.5. The van der Waals surface area contributed by atoms with Crippen LogP contribution in [0.3, 0.4) is 0 Å². The molecular formula is C20H27N3O3. The van der Waals surface area contributed by atoms with Crippen molar-refractivity contribution < 1.29 is 14.4 Å². The minimum atomic E-state index is -0.292. The van der Waals surface area contributed by atoms with E-state index in [9.17, 15) is 14.4 Å². The predicted molar refractivity (Wildman–Crippen MR) is 99.0 cm³/mol. The van der Waals surface area contributed by atoms with Crippen molar-refractivity contribution in [3.05, 3.63) is 34.9 Å². The van der Waals surface area contributed by atoms with E-state index >= 15 is 0 Å². The summed E-state index contributed by atoms with van der Waals surface area (Å²) in [4.78, 5) is 42.8. The van der Waals surface area contributed by atoms with Gasteiger partial charge in [0.05, 0.1) is 11.1 Å². The maximum Gasteiger partial charge on any atom is 0.261 e. The van der Waals surface area contributed by atoms with Gasteiger partial charge in [-0.25, -0.2) is 0 Å². The summed E-state index contributed by atoms with van der Waals surface area (Å²) in [5, 5.41) is 0. The molecule has 6 heteroatoms. The summed E-state index contributed by atoms with van der Waals surface area (Å²) >= 11 is 0. The van der Waals surface area contributed by atoms with Crippen molar-refractivity contribution >= 4 is 17.7 Å². The molecule has 1 saturated heterocycles. The lowest BCUT2D eigenvalue weighted by Gasteiger charge is -2.35. The van der Waals surface area contributed by atoms with Crippen LogP contribution in [-0.4, -0.2) is 71.7 Å². The molecule has 0 aliphatic carbocycles. The summed E-state index contributed by atoms with van der Waals surface area (Å²) in [5.74, 6) is 0.0550. The predicted octanol–water partition coefficient (Wildman–Crippen LogP) is 1.78. The number of piperazine rings is 1. The molecule has 1 aromatic rings. The number of carbonyl (C=O) groups is 3. The molecule has 3 rings (SSSR count). The van der Waals surface area contributed by atoms with Gasteiger partial charge in [-0.3, -0.25) is 24.2 Å². The zero-order valence-corrected chi connectivity index (χ0v) is 15.8. The molecule has 0 spiro atoms. The Kier molecular flexibility index (Phi) is 5.41. The van der Waals surface area contributed by atoms with Crippen LogP contribution < -0.4 is 0 Å². The lowest BCUT2D eigenvalue weighted by Crippen LogP contribution is -2.50. The summed E-state index contributed by atoms with van der Waals surface area (Å²) in [5.41, 5.74) is 1.84. The van der Waals surface area contributed by atoms with Gasteiger partial charge in [0.15, 0.2) is 0 Å². The lowest BCUT2D eigenvalue weighted by atomic mass is 10.1. The van der Waals surface area contributed by atoms with Gasteiger partial charge in [-0.2, -0.15) is 0 Å². The second kappa shape index (κ2) is 7.58. The number of nitrogens with zero attached hydrogens (tertiary/aromatic N) is 3. The number of imide groups is 1. The van der Waals surface area contributed by atoms with Crippen molar-refractivity contribution in [1.82, 2.24) is 14.7 Å². The standard InChI is InChI=1S/C20H27N3O3/c1-14(2)13-21-8-10-22(11-9-21)18(24)6-7-23-19(25)16-5-4-15(3)12-17(16)20(23)26/h4-5,12,14H,6-11,13H2,1-3H3. The van der Waals surface area contributed by atoms with Crippen molar-refractivity contribution in [2.75, 3.05) is 39.3 Å². The first-order chi connectivity index (χ1) is 12.4. The number of amides is 3. The minimum absolute atomic E-state index is 0.0157. The van der Waals surface area contributed by atoms with Gasteiger partial charge < -0.3 is 4.90 Å². The van der Waals surface area contributed by atoms with E-state index in [4.69, 9.17) is 0 Å². The number of hydrogen-bond donors (Lipinski definition) is 0. The van der Waals surface area contributed by atoms with E-state index in [1.165, 1.54) is 4.90 Å². The largest absolute Gasteiger partial charge is 0.340 e. The Morgan fingerprint density at radius 1 is 1.04 bits per heavy atom. The first-order valence-electron chi connectivity index (χ1n) is 9.34. The second-order valence-corrected chi connectivity index (χ2v) is 7.64. The number of aryl methyl sites for hydroxylation is 1. The van der Waals surface area contributed by atoms with Gasteiger partial charge in [0.1, 0.15) is 0 Å². The Balaban J connectivity index is 1.53. The first kappa shape index (κ1) is 18.6. The van der Waals surface area contributed by atoms with E-state index in [1.54, 1.807) is 12.1 Å². The molecule has 3 amide bonds. The molecule has 1 fully saturated rings. The summed E-state index contributed by atoms with van der Waals surface area (Å²) in [6.07, 6.45) is 0.189. The van der Waals surface area contributed by atoms with Crippen LogP contribution in [0.4, 0.5) is 0 Å². The van der Waals surface area contributed by atoms with Crippen molar-refractivity contribution in [3.63, 3.8) is 0 Å². The number of benzene rings is 1. The second-order valence-electron chi connectivity index (χ2n) is 7.64. The van der Waals surface area contributed by atoms with Gasteiger partial charge in [0.2, 0.25) is 5.91 Å².